The van der Waals surface area contributed by atoms with Gasteiger partial charge in [0.05, 0.1) is 12.2 Å². The molecule has 1 aliphatic rings. The van der Waals surface area contributed by atoms with Gasteiger partial charge in [-0.3, -0.25) is 0 Å². The van der Waals surface area contributed by atoms with Crippen LogP contribution in [0.15, 0.2) is 18.2 Å². The molecule has 19 heavy (non-hydrogen) atoms. The van der Waals surface area contributed by atoms with E-state index in [4.69, 9.17) is 10.5 Å². The van der Waals surface area contributed by atoms with Crippen LogP contribution in [-0.2, 0) is 11.3 Å². The molecule has 0 atom stereocenters. The van der Waals surface area contributed by atoms with Crippen LogP contribution >= 0.6 is 0 Å². The van der Waals surface area contributed by atoms with E-state index in [0.29, 0.717) is 13.2 Å². The normalized spacial score (nSPS) is 19.1. The van der Waals surface area contributed by atoms with E-state index in [1.165, 1.54) is 42.4 Å². The van der Waals surface area contributed by atoms with Crippen molar-refractivity contribution in [1.82, 2.24) is 0 Å². The van der Waals surface area contributed by atoms with Gasteiger partial charge in [0.25, 0.3) is 0 Å². The van der Waals surface area contributed by atoms with E-state index < -0.39 is 0 Å². The van der Waals surface area contributed by atoms with E-state index in [-0.39, 0.29) is 5.60 Å². The summed E-state index contributed by atoms with van der Waals surface area (Å²) in [5.74, 6) is 0. The van der Waals surface area contributed by atoms with Crippen molar-refractivity contribution in [2.24, 2.45) is 5.73 Å². The highest BCUT2D eigenvalue weighted by molar-refractivity contribution is 5.29. The first kappa shape index (κ1) is 14.5. The Morgan fingerprint density at radius 2 is 1.79 bits per heavy atom. The molecule has 0 amide bonds. The van der Waals surface area contributed by atoms with Gasteiger partial charge in [-0.15, -0.1) is 0 Å². The predicted molar refractivity (Wildman–Crippen MR) is 80.2 cm³/mol. The maximum absolute atomic E-state index is 6.30. The molecule has 0 unspecified atom stereocenters. The average Bonchev–Trinajstić information content (AvgIpc) is 2.66. The standard InChI is InChI=1S/C17H27NO/c1-14-7-8-15(2)16(11-14)12-19-17(13-18)9-5-3-4-6-10-17/h7-8,11H,3-6,9-10,12-13,18H2,1-2H3. The molecule has 1 aromatic carbocycles. The van der Waals surface area contributed by atoms with Crippen molar-refractivity contribution < 1.29 is 4.74 Å². The van der Waals surface area contributed by atoms with Gasteiger partial charge in [0.1, 0.15) is 0 Å². The van der Waals surface area contributed by atoms with Crippen molar-refractivity contribution in [3.05, 3.63) is 34.9 Å². The molecule has 0 spiro atoms. The lowest BCUT2D eigenvalue weighted by Gasteiger charge is -2.32. The minimum Gasteiger partial charge on any atom is -0.369 e. The summed E-state index contributed by atoms with van der Waals surface area (Å²) in [4.78, 5) is 0. The molecule has 1 saturated carbocycles. The van der Waals surface area contributed by atoms with Crippen LogP contribution in [0.2, 0.25) is 0 Å². The molecule has 0 saturated heterocycles. The van der Waals surface area contributed by atoms with Crippen LogP contribution in [-0.4, -0.2) is 12.1 Å². The minimum atomic E-state index is -0.0767. The fraction of sp³-hybridized carbons (Fsp3) is 0.647. The molecule has 1 fully saturated rings. The Hall–Kier alpha value is -0.860. The Labute approximate surface area is 117 Å². The minimum absolute atomic E-state index is 0.0767. The van der Waals surface area contributed by atoms with Crippen LogP contribution < -0.4 is 5.73 Å². The van der Waals surface area contributed by atoms with Gasteiger partial charge >= 0.3 is 0 Å². The summed E-state index contributed by atoms with van der Waals surface area (Å²) in [5.41, 5.74) is 9.85. The largest absolute Gasteiger partial charge is 0.369 e. The summed E-state index contributed by atoms with van der Waals surface area (Å²) in [6.45, 7) is 5.64. The average molecular weight is 261 g/mol. The molecule has 0 heterocycles. The lowest BCUT2D eigenvalue weighted by atomic mass is 9.94. The fourth-order valence-corrected chi connectivity index (χ4v) is 2.97. The summed E-state index contributed by atoms with van der Waals surface area (Å²) in [6.07, 6.45) is 7.40. The van der Waals surface area contributed by atoms with Crippen LogP contribution in [0, 0.1) is 13.8 Å². The van der Waals surface area contributed by atoms with E-state index in [1.54, 1.807) is 0 Å². The zero-order valence-corrected chi connectivity index (χ0v) is 12.4. The summed E-state index contributed by atoms with van der Waals surface area (Å²) >= 11 is 0. The summed E-state index contributed by atoms with van der Waals surface area (Å²) < 4.78 is 6.30. The third-order valence-electron chi connectivity index (χ3n) is 4.43. The molecular weight excluding hydrogens is 234 g/mol. The zero-order valence-electron chi connectivity index (χ0n) is 12.4. The van der Waals surface area contributed by atoms with E-state index >= 15 is 0 Å². The van der Waals surface area contributed by atoms with Gasteiger partial charge in [0, 0.05) is 6.54 Å². The maximum atomic E-state index is 6.30. The molecule has 2 heteroatoms. The molecule has 0 radical (unpaired) electrons. The first-order valence-electron chi connectivity index (χ1n) is 7.55. The second kappa shape index (κ2) is 6.53. The van der Waals surface area contributed by atoms with Crippen LogP contribution in [0.3, 0.4) is 0 Å². The Morgan fingerprint density at radius 1 is 1.11 bits per heavy atom. The molecule has 0 aromatic heterocycles. The second-order valence-corrected chi connectivity index (χ2v) is 6.02. The van der Waals surface area contributed by atoms with Gasteiger partial charge in [-0.25, -0.2) is 0 Å². The van der Waals surface area contributed by atoms with Crippen molar-refractivity contribution in [1.29, 1.82) is 0 Å². The SMILES string of the molecule is Cc1ccc(C)c(COC2(CN)CCCCCC2)c1. The molecule has 0 aliphatic heterocycles. The third kappa shape index (κ3) is 3.80. The second-order valence-electron chi connectivity index (χ2n) is 6.02. The van der Waals surface area contributed by atoms with Crippen molar-refractivity contribution in [2.45, 2.75) is 64.6 Å². The summed E-state index contributed by atoms with van der Waals surface area (Å²) in [7, 11) is 0. The van der Waals surface area contributed by atoms with Gasteiger partial charge in [-0.1, -0.05) is 49.4 Å². The monoisotopic (exact) mass is 261 g/mol. The highest BCUT2D eigenvalue weighted by Crippen LogP contribution is 2.31. The van der Waals surface area contributed by atoms with Crippen molar-refractivity contribution in [2.75, 3.05) is 6.54 Å². The topological polar surface area (TPSA) is 35.2 Å². The van der Waals surface area contributed by atoms with Crippen molar-refractivity contribution in [3.8, 4) is 0 Å². The number of nitrogens with two attached hydrogens (primary N) is 1. The Bertz CT molecular complexity index is 406. The molecule has 2 N–H and O–H groups in total. The number of benzene rings is 1. The first-order valence-corrected chi connectivity index (χ1v) is 7.55. The van der Waals surface area contributed by atoms with Crippen LogP contribution in [0.25, 0.3) is 0 Å². The van der Waals surface area contributed by atoms with E-state index in [1.807, 2.05) is 0 Å². The summed E-state index contributed by atoms with van der Waals surface area (Å²) in [6, 6.07) is 6.57. The van der Waals surface area contributed by atoms with Crippen LogP contribution in [0.5, 0.6) is 0 Å². The van der Waals surface area contributed by atoms with Gasteiger partial charge in [-0.05, 0) is 37.8 Å². The van der Waals surface area contributed by atoms with Crippen LogP contribution in [0.1, 0.15) is 55.2 Å². The van der Waals surface area contributed by atoms with E-state index in [9.17, 15) is 0 Å². The lowest BCUT2D eigenvalue weighted by Crippen LogP contribution is -2.40. The predicted octanol–water partition coefficient (Wildman–Crippen LogP) is 3.87. The molecule has 1 aliphatic carbocycles. The quantitative estimate of drug-likeness (QED) is 0.835. The summed E-state index contributed by atoms with van der Waals surface area (Å²) in [5, 5.41) is 0. The highest BCUT2D eigenvalue weighted by Gasteiger charge is 2.30. The lowest BCUT2D eigenvalue weighted by molar-refractivity contribution is -0.0603. The smallest absolute Gasteiger partial charge is 0.0808 e. The Balaban J connectivity index is 2.04. The Morgan fingerprint density at radius 3 is 2.42 bits per heavy atom. The molecule has 106 valence electrons. The number of ether oxygens (including phenoxy) is 1. The number of rotatable bonds is 4. The molecule has 2 nitrogen and oxygen atoms in total. The molecule has 1 aromatic rings. The number of hydrogen-bond donors (Lipinski definition) is 1. The molecular formula is C17H27NO. The number of hydrogen-bond acceptors (Lipinski definition) is 2. The van der Waals surface area contributed by atoms with Crippen LogP contribution in [0.4, 0.5) is 0 Å². The van der Waals surface area contributed by atoms with Crippen molar-refractivity contribution in [3.63, 3.8) is 0 Å². The van der Waals surface area contributed by atoms with E-state index in [2.05, 4.69) is 32.0 Å². The molecule has 0 bridgehead atoms. The van der Waals surface area contributed by atoms with Gasteiger partial charge in [0.2, 0.25) is 0 Å². The zero-order chi connectivity index (χ0) is 13.7. The van der Waals surface area contributed by atoms with E-state index in [0.717, 1.165) is 12.8 Å². The fourth-order valence-electron chi connectivity index (χ4n) is 2.97. The Kier molecular flexibility index (Phi) is 5.00. The molecule has 2 rings (SSSR count). The van der Waals surface area contributed by atoms with Gasteiger partial charge < -0.3 is 10.5 Å². The van der Waals surface area contributed by atoms with Gasteiger partial charge in [0.15, 0.2) is 0 Å². The number of aryl methyl sites for hydroxylation is 2. The maximum Gasteiger partial charge on any atom is 0.0808 e. The van der Waals surface area contributed by atoms with Gasteiger partial charge in [-0.2, -0.15) is 0 Å². The highest BCUT2D eigenvalue weighted by atomic mass is 16.5. The van der Waals surface area contributed by atoms with Crippen molar-refractivity contribution >= 4 is 0 Å². The first-order chi connectivity index (χ1) is 9.15. The third-order valence-corrected chi connectivity index (χ3v) is 4.43.